The SMILES string of the molecule is CC(OC(=O)CN1CCCCCC1=O)C(=O)Nc1ccc(F)cc1F. The van der Waals surface area contributed by atoms with Gasteiger partial charge in [0, 0.05) is 19.0 Å². The number of nitrogens with one attached hydrogen (secondary N) is 1. The van der Waals surface area contributed by atoms with Crippen LogP contribution in [0.3, 0.4) is 0 Å². The largest absolute Gasteiger partial charge is 0.451 e. The number of hydrogen-bond donors (Lipinski definition) is 1. The molecule has 1 heterocycles. The Kier molecular flexibility index (Phi) is 6.44. The molecule has 1 aliphatic rings. The number of halogens is 2. The number of likely N-dealkylation sites (tertiary alicyclic amines) is 1. The molecule has 2 amide bonds. The van der Waals surface area contributed by atoms with Crippen LogP contribution in [0.2, 0.25) is 0 Å². The maximum absolute atomic E-state index is 13.5. The van der Waals surface area contributed by atoms with E-state index in [1.807, 2.05) is 0 Å². The van der Waals surface area contributed by atoms with E-state index in [1.165, 1.54) is 11.8 Å². The Balaban J connectivity index is 1.87. The molecule has 8 heteroatoms. The molecule has 2 rings (SSSR count). The van der Waals surface area contributed by atoms with E-state index in [0.717, 1.165) is 31.4 Å². The highest BCUT2D eigenvalue weighted by molar-refractivity contribution is 5.95. The summed E-state index contributed by atoms with van der Waals surface area (Å²) < 4.78 is 31.4. The van der Waals surface area contributed by atoms with Gasteiger partial charge in [0.25, 0.3) is 5.91 Å². The number of nitrogens with zero attached hydrogens (tertiary/aromatic N) is 1. The quantitative estimate of drug-likeness (QED) is 0.823. The highest BCUT2D eigenvalue weighted by Gasteiger charge is 2.23. The molecule has 0 bridgehead atoms. The van der Waals surface area contributed by atoms with Crippen LogP contribution in [0.25, 0.3) is 0 Å². The zero-order chi connectivity index (χ0) is 18.4. The van der Waals surface area contributed by atoms with Crippen molar-refractivity contribution in [3.8, 4) is 0 Å². The van der Waals surface area contributed by atoms with Crippen LogP contribution in [-0.2, 0) is 19.1 Å². The van der Waals surface area contributed by atoms with Crippen molar-refractivity contribution < 1.29 is 27.9 Å². The van der Waals surface area contributed by atoms with E-state index in [9.17, 15) is 23.2 Å². The molecule has 1 aliphatic heterocycles. The third-order valence-corrected chi connectivity index (χ3v) is 3.86. The van der Waals surface area contributed by atoms with Gasteiger partial charge in [-0.25, -0.2) is 8.78 Å². The fourth-order valence-electron chi connectivity index (χ4n) is 2.47. The van der Waals surface area contributed by atoms with Crippen LogP contribution in [0.15, 0.2) is 18.2 Å². The topological polar surface area (TPSA) is 75.7 Å². The molecule has 1 unspecified atom stereocenters. The van der Waals surface area contributed by atoms with Crippen LogP contribution in [0.4, 0.5) is 14.5 Å². The van der Waals surface area contributed by atoms with Gasteiger partial charge in [0.15, 0.2) is 6.10 Å². The average molecular weight is 354 g/mol. The Morgan fingerprint density at radius 2 is 2.04 bits per heavy atom. The molecule has 6 nitrogen and oxygen atoms in total. The number of ether oxygens (including phenoxy) is 1. The number of hydrogen-bond acceptors (Lipinski definition) is 4. The van der Waals surface area contributed by atoms with Crippen molar-refractivity contribution in [1.29, 1.82) is 0 Å². The van der Waals surface area contributed by atoms with E-state index in [2.05, 4.69) is 5.32 Å². The van der Waals surface area contributed by atoms with E-state index in [0.29, 0.717) is 19.0 Å². The first kappa shape index (κ1) is 18.8. The number of rotatable bonds is 5. The van der Waals surface area contributed by atoms with Gasteiger partial charge in [-0.15, -0.1) is 0 Å². The van der Waals surface area contributed by atoms with Crippen molar-refractivity contribution in [2.75, 3.05) is 18.4 Å². The van der Waals surface area contributed by atoms with E-state index in [1.54, 1.807) is 0 Å². The molecule has 0 radical (unpaired) electrons. The summed E-state index contributed by atoms with van der Waals surface area (Å²) in [4.78, 5) is 37.2. The Hall–Kier alpha value is -2.51. The average Bonchev–Trinajstić information content (AvgIpc) is 2.74. The maximum Gasteiger partial charge on any atom is 0.326 e. The molecule has 1 aromatic carbocycles. The summed E-state index contributed by atoms with van der Waals surface area (Å²) in [6, 6.07) is 2.71. The lowest BCUT2D eigenvalue weighted by Gasteiger charge is -2.20. The van der Waals surface area contributed by atoms with Crippen LogP contribution in [0.1, 0.15) is 32.6 Å². The van der Waals surface area contributed by atoms with Crippen LogP contribution in [0.5, 0.6) is 0 Å². The fraction of sp³-hybridized carbons (Fsp3) is 0.471. The Labute approximate surface area is 144 Å². The second-order valence-electron chi connectivity index (χ2n) is 5.87. The Morgan fingerprint density at radius 1 is 1.28 bits per heavy atom. The van der Waals surface area contributed by atoms with Crippen molar-refractivity contribution in [2.24, 2.45) is 0 Å². The molecule has 1 fully saturated rings. The van der Waals surface area contributed by atoms with Gasteiger partial charge in [0.2, 0.25) is 5.91 Å². The summed E-state index contributed by atoms with van der Waals surface area (Å²) in [5.74, 6) is -3.27. The zero-order valence-corrected chi connectivity index (χ0v) is 13.9. The van der Waals surface area contributed by atoms with Crippen molar-refractivity contribution in [2.45, 2.75) is 38.7 Å². The molecule has 25 heavy (non-hydrogen) atoms. The van der Waals surface area contributed by atoms with Crippen molar-refractivity contribution in [3.63, 3.8) is 0 Å². The number of carbonyl (C=O) groups excluding carboxylic acids is 3. The molecule has 1 atom stereocenters. The lowest BCUT2D eigenvalue weighted by atomic mass is 10.2. The summed E-state index contributed by atoms with van der Waals surface area (Å²) in [5.41, 5.74) is -0.211. The van der Waals surface area contributed by atoms with E-state index in [4.69, 9.17) is 4.74 Å². The molecule has 1 aromatic rings. The summed E-state index contributed by atoms with van der Waals surface area (Å²) >= 11 is 0. The zero-order valence-electron chi connectivity index (χ0n) is 13.9. The summed E-state index contributed by atoms with van der Waals surface area (Å²) in [7, 11) is 0. The van der Waals surface area contributed by atoms with Crippen molar-refractivity contribution >= 4 is 23.5 Å². The minimum Gasteiger partial charge on any atom is -0.451 e. The monoisotopic (exact) mass is 354 g/mol. The Bertz CT molecular complexity index is 666. The number of esters is 1. The predicted octanol–water partition coefficient (Wildman–Crippen LogP) is 2.24. The van der Waals surface area contributed by atoms with Crippen molar-refractivity contribution in [3.05, 3.63) is 29.8 Å². The molecule has 0 aromatic heterocycles. The van der Waals surface area contributed by atoms with Crippen molar-refractivity contribution in [1.82, 2.24) is 4.90 Å². The molecule has 0 saturated carbocycles. The number of carbonyl (C=O) groups is 3. The van der Waals surface area contributed by atoms with Gasteiger partial charge >= 0.3 is 5.97 Å². The molecule has 136 valence electrons. The minimum atomic E-state index is -1.18. The summed E-state index contributed by atoms with van der Waals surface area (Å²) in [6.07, 6.45) is 1.76. The van der Waals surface area contributed by atoms with Gasteiger partial charge in [0.1, 0.15) is 18.2 Å². The Morgan fingerprint density at radius 3 is 2.76 bits per heavy atom. The number of benzene rings is 1. The lowest BCUT2D eigenvalue weighted by Crippen LogP contribution is -2.38. The van der Waals surface area contributed by atoms with E-state index >= 15 is 0 Å². The lowest BCUT2D eigenvalue weighted by molar-refractivity contribution is -0.156. The smallest absolute Gasteiger partial charge is 0.326 e. The maximum atomic E-state index is 13.5. The normalized spacial score (nSPS) is 16.1. The molecule has 0 spiro atoms. The third kappa shape index (κ3) is 5.51. The second-order valence-corrected chi connectivity index (χ2v) is 5.87. The van der Waals surface area contributed by atoms with Gasteiger partial charge in [-0.2, -0.15) is 0 Å². The number of anilines is 1. The first-order chi connectivity index (χ1) is 11.9. The molecule has 1 saturated heterocycles. The summed E-state index contributed by atoms with van der Waals surface area (Å²) in [6.45, 7) is 1.59. The fourth-order valence-corrected chi connectivity index (χ4v) is 2.47. The van der Waals surface area contributed by atoms with Gasteiger partial charge in [-0.3, -0.25) is 14.4 Å². The predicted molar refractivity (Wildman–Crippen MR) is 85.6 cm³/mol. The first-order valence-corrected chi connectivity index (χ1v) is 8.10. The van der Waals surface area contributed by atoms with E-state index in [-0.39, 0.29) is 18.1 Å². The highest BCUT2D eigenvalue weighted by Crippen LogP contribution is 2.16. The van der Waals surface area contributed by atoms with Gasteiger partial charge in [0.05, 0.1) is 5.69 Å². The van der Waals surface area contributed by atoms with Crippen LogP contribution < -0.4 is 5.32 Å². The minimum absolute atomic E-state index is 0.111. The highest BCUT2D eigenvalue weighted by atomic mass is 19.1. The van der Waals surface area contributed by atoms with Crippen LogP contribution in [0, 0.1) is 11.6 Å². The number of amides is 2. The van der Waals surface area contributed by atoms with Gasteiger partial charge in [-0.05, 0) is 31.9 Å². The van der Waals surface area contributed by atoms with Crippen LogP contribution in [-0.4, -0.2) is 41.9 Å². The summed E-state index contributed by atoms with van der Waals surface area (Å²) in [5, 5.41) is 2.23. The molecular formula is C17H20F2N2O4. The first-order valence-electron chi connectivity index (χ1n) is 8.10. The second kappa shape index (κ2) is 8.55. The standard InChI is InChI=1S/C17H20F2N2O4/c1-11(17(24)20-14-7-6-12(18)9-13(14)19)25-16(23)10-21-8-4-2-3-5-15(21)22/h6-7,9,11H,2-5,8,10H2,1H3,(H,20,24). The third-order valence-electron chi connectivity index (χ3n) is 3.86. The molecular weight excluding hydrogens is 334 g/mol. The van der Waals surface area contributed by atoms with Gasteiger partial charge in [-0.1, -0.05) is 6.42 Å². The van der Waals surface area contributed by atoms with Gasteiger partial charge < -0.3 is 15.0 Å². The molecule has 1 N–H and O–H groups in total. The van der Waals surface area contributed by atoms with E-state index < -0.39 is 29.6 Å². The van der Waals surface area contributed by atoms with Crippen LogP contribution >= 0.6 is 0 Å². The molecule has 0 aliphatic carbocycles.